The summed E-state index contributed by atoms with van der Waals surface area (Å²) in [7, 11) is 0. The number of fused-ring (bicyclic) bond motifs is 1. The number of carbonyl (C=O) groups is 1. The van der Waals surface area contributed by atoms with Gasteiger partial charge in [0.25, 0.3) is 0 Å². The second kappa shape index (κ2) is 2.68. The fourth-order valence-corrected chi connectivity index (χ4v) is 2.25. The molecule has 0 saturated heterocycles. The lowest BCUT2D eigenvalue weighted by Crippen LogP contribution is -2.11. The Bertz CT molecular complexity index is 454. The topological polar surface area (TPSA) is 17.1 Å². The van der Waals surface area contributed by atoms with Crippen molar-refractivity contribution >= 4 is 5.78 Å². The van der Waals surface area contributed by atoms with Crippen molar-refractivity contribution in [3.8, 4) is 0 Å². The number of hydrogen-bond acceptors (Lipinski definition) is 1. The van der Waals surface area contributed by atoms with Crippen LogP contribution in [0, 0.1) is 0 Å². The van der Waals surface area contributed by atoms with Crippen LogP contribution in [0.25, 0.3) is 0 Å². The average Bonchev–Trinajstić information content (AvgIpc) is 2.49. The summed E-state index contributed by atoms with van der Waals surface area (Å²) in [6.07, 6.45) is 7.85. The van der Waals surface area contributed by atoms with E-state index in [0.29, 0.717) is 5.92 Å². The van der Waals surface area contributed by atoms with E-state index in [0.717, 1.165) is 0 Å². The molecule has 0 N–H and O–H groups in total. The standard InChI is InChI=1S/C13H10O/c14-13-8-6-9-5-7-12(13)11-4-2-1-3-10(9)11/h1-9,12H. The fraction of sp³-hybridized carbons (Fsp3) is 0.154. The average molecular weight is 182 g/mol. The van der Waals surface area contributed by atoms with Crippen molar-refractivity contribution in [3.05, 3.63) is 59.7 Å². The van der Waals surface area contributed by atoms with Gasteiger partial charge < -0.3 is 0 Å². The Labute approximate surface area is 82.8 Å². The Morgan fingerprint density at radius 2 is 1.71 bits per heavy atom. The minimum absolute atomic E-state index is 0.0406. The molecule has 4 rings (SSSR count). The molecule has 0 fully saturated rings. The Kier molecular flexibility index (Phi) is 1.48. The summed E-state index contributed by atoms with van der Waals surface area (Å²) in [5.74, 6) is 0.462. The number of allylic oxidation sites excluding steroid dienone is 4. The minimum atomic E-state index is -0.0406. The molecule has 1 aromatic rings. The zero-order valence-corrected chi connectivity index (χ0v) is 7.68. The van der Waals surface area contributed by atoms with Crippen LogP contribution in [0.3, 0.4) is 0 Å². The van der Waals surface area contributed by atoms with Crippen LogP contribution in [-0.4, -0.2) is 5.78 Å². The van der Waals surface area contributed by atoms with Crippen LogP contribution >= 0.6 is 0 Å². The smallest absolute Gasteiger partial charge is 0.166 e. The van der Waals surface area contributed by atoms with E-state index in [1.165, 1.54) is 11.1 Å². The molecule has 0 saturated carbocycles. The molecule has 0 heterocycles. The van der Waals surface area contributed by atoms with E-state index in [2.05, 4.69) is 18.2 Å². The van der Waals surface area contributed by atoms with Crippen molar-refractivity contribution in [1.29, 1.82) is 0 Å². The zero-order chi connectivity index (χ0) is 9.54. The van der Waals surface area contributed by atoms with Crippen molar-refractivity contribution < 1.29 is 4.79 Å². The van der Waals surface area contributed by atoms with Crippen molar-refractivity contribution in [2.45, 2.75) is 11.8 Å². The van der Waals surface area contributed by atoms with E-state index < -0.39 is 0 Å². The highest BCUT2D eigenvalue weighted by Gasteiger charge is 2.27. The number of hydrogen-bond donors (Lipinski definition) is 0. The molecule has 0 amide bonds. The third-order valence-electron chi connectivity index (χ3n) is 2.98. The molecule has 1 heteroatoms. The first-order valence-electron chi connectivity index (χ1n) is 4.85. The third kappa shape index (κ3) is 0.925. The van der Waals surface area contributed by atoms with Gasteiger partial charge in [-0.1, -0.05) is 42.5 Å². The molecule has 3 aliphatic carbocycles. The molecule has 1 nitrogen and oxygen atoms in total. The molecule has 0 aliphatic heterocycles. The lowest BCUT2D eigenvalue weighted by molar-refractivity contribution is -0.115. The second-order valence-electron chi connectivity index (χ2n) is 3.78. The minimum Gasteiger partial charge on any atom is -0.294 e. The van der Waals surface area contributed by atoms with Gasteiger partial charge in [0.2, 0.25) is 0 Å². The van der Waals surface area contributed by atoms with Gasteiger partial charge in [0.05, 0.1) is 5.92 Å². The van der Waals surface area contributed by atoms with Crippen molar-refractivity contribution in [2.75, 3.05) is 0 Å². The van der Waals surface area contributed by atoms with E-state index >= 15 is 0 Å². The van der Waals surface area contributed by atoms with Crippen LogP contribution < -0.4 is 0 Å². The molecule has 0 spiro atoms. The third-order valence-corrected chi connectivity index (χ3v) is 2.98. The molecule has 0 radical (unpaired) electrons. The Hall–Kier alpha value is -1.63. The lowest BCUT2D eigenvalue weighted by Gasteiger charge is -2.20. The Balaban J connectivity index is 2.29. The van der Waals surface area contributed by atoms with E-state index in [1.807, 2.05) is 24.3 Å². The van der Waals surface area contributed by atoms with Crippen LogP contribution in [-0.2, 0) is 4.79 Å². The molecule has 14 heavy (non-hydrogen) atoms. The van der Waals surface area contributed by atoms with Gasteiger partial charge >= 0.3 is 0 Å². The van der Waals surface area contributed by atoms with Gasteiger partial charge in [-0.2, -0.15) is 0 Å². The van der Waals surface area contributed by atoms with Gasteiger partial charge in [-0.3, -0.25) is 4.79 Å². The zero-order valence-electron chi connectivity index (χ0n) is 7.68. The maximum absolute atomic E-state index is 11.7. The summed E-state index contributed by atoms with van der Waals surface area (Å²) in [4.78, 5) is 11.7. The van der Waals surface area contributed by atoms with Crippen LogP contribution in [0.15, 0.2) is 48.6 Å². The Morgan fingerprint density at radius 3 is 2.57 bits per heavy atom. The van der Waals surface area contributed by atoms with E-state index in [1.54, 1.807) is 6.08 Å². The molecule has 2 unspecified atom stereocenters. The molecule has 68 valence electrons. The molecule has 0 aromatic heterocycles. The first-order chi connectivity index (χ1) is 6.86. The van der Waals surface area contributed by atoms with Crippen LogP contribution in [0.4, 0.5) is 0 Å². The highest BCUT2D eigenvalue weighted by molar-refractivity contribution is 5.98. The van der Waals surface area contributed by atoms with Crippen LogP contribution in [0.2, 0.25) is 0 Å². The second-order valence-corrected chi connectivity index (χ2v) is 3.78. The van der Waals surface area contributed by atoms with Gasteiger partial charge in [0.15, 0.2) is 5.78 Å². The van der Waals surface area contributed by atoms with E-state index in [4.69, 9.17) is 0 Å². The Morgan fingerprint density at radius 1 is 0.929 bits per heavy atom. The van der Waals surface area contributed by atoms with Gasteiger partial charge in [-0.15, -0.1) is 0 Å². The first kappa shape index (κ1) is 7.74. The van der Waals surface area contributed by atoms with E-state index in [9.17, 15) is 4.79 Å². The number of benzene rings is 1. The summed E-state index contributed by atoms with van der Waals surface area (Å²) in [5, 5.41) is 0. The monoisotopic (exact) mass is 182 g/mol. The number of ketones is 1. The summed E-state index contributed by atoms with van der Waals surface area (Å²) in [6, 6.07) is 8.20. The molecule has 1 aromatic carbocycles. The van der Waals surface area contributed by atoms with Gasteiger partial charge in [0.1, 0.15) is 0 Å². The van der Waals surface area contributed by atoms with Crippen LogP contribution in [0.5, 0.6) is 0 Å². The quantitative estimate of drug-likeness (QED) is 0.563. The highest BCUT2D eigenvalue weighted by atomic mass is 16.1. The van der Waals surface area contributed by atoms with E-state index in [-0.39, 0.29) is 11.7 Å². The largest absolute Gasteiger partial charge is 0.294 e. The van der Waals surface area contributed by atoms with Crippen molar-refractivity contribution in [3.63, 3.8) is 0 Å². The van der Waals surface area contributed by atoms with Gasteiger partial charge in [-0.25, -0.2) is 0 Å². The van der Waals surface area contributed by atoms with Gasteiger partial charge in [0, 0.05) is 5.92 Å². The predicted octanol–water partition coefficient (Wildman–Crippen LogP) is 2.56. The number of carbonyl (C=O) groups excluding carboxylic acids is 1. The molecular formula is C13H10O. The summed E-state index contributed by atoms with van der Waals surface area (Å²) >= 11 is 0. The maximum atomic E-state index is 11.7. The maximum Gasteiger partial charge on any atom is 0.166 e. The number of rotatable bonds is 0. The van der Waals surface area contributed by atoms with Gasteiger partial charge in [-0.05, 0) is 17.2 Å². The SMILES string of the molecule is O=C1C=CC2C=CC1c1ccccc12. The summed E-state index contributed by atoms with van der Waals surface area (Å²) < 4.78 is 0. The van der Waals surface area contributed by atoms with Crippen molar-refractivity contribution in [1.82, 2.24) is 0 Å². The lowest BCUT2D eigenvalue weighted by atomic mass is 9.83. The highest BCUT2D eigenvalue weighted by Crippen LogP contribution is 2.37. The normalized spacial score (nSPS) is 27.6. The molecule has 2 bridgehead atoms. The fourth-order valence-electron chi connectivity index (χ4n) is 2.25. The first-order valence-corrected chi connectivity index (χ1v) is 4.85. The summed E-state index contributed by atoms with van der Waals surface area (Å²) in [6.45, 7) is 0. The molecular weight excluding hydrogens is 172 g/mol. The summed E-state index contributed by atoms with van der Waals surface area (Å²) in [5.41, 5.74) is 2.46. The molecule has 2 atom stereocenters. The van der Waals surface area contributed by atoms with Crippen molar-refractivity contribution in [2.24, 2.45) is 0 Å². The predicted molar refractivity (Wildman–Crippen MR) is 55.2 cm³/mol. The van der Waals surface area contributed by atoms with Crippen LogP contribution in [0.1, 0.15) is 23.0 Å². The molecule has 3 aliphatic rings.